The summed E-state index contributed by atoms with van der Waals surface area (Å²) in [6.45, 7) is 6.45. The first-order valence-electron chi connectivity index (χ1n) is 11.4. The Labute approximate surface area is 204 Å². The van der Waals surface area contributed by atoms with Crippen molar-refractivity contribution in [3.63, 3.8) is 0 Å². The van der Waals surface area contributed by atoms with Crippen molar-refractivity contribution in [2.75, 3.05) is 5.32 Å². The second-order valence-electron chi connectivity index (χ2n) is 9.59. The van der Waals surface area contributed by atoms with Crippen LogP contribution in [0.3, 0.4) is 0 Å². The van der Waals surface area contributed by atoms with Crippen LogP contribution in [0.5, 0.6) is 0 Å². The number of alkyl halides is 3. The molecule has 0 saturated heterocycles. The zero-order valence-electron chi connectivity index (χ0n) is 19.9. The number of aromatic nitrogens is 2. The predicted molar refractivity (Wildman–Crippen MR) is 125 cm³/mol. The Hall–Kier alpha value is -3.69. The Bertz CT molecular complexity index is 1340. The summed E-state index contributed by atoms with van der Waals surface area (Å²) < 4.78 is 55.1. The number of amides is 1. The molecular weight excluding hydrogens is 478 g/mol. The van der Waals surface area contributed by atoms with Crippen LogP contribution in [0.2, 0.25) is 0 Å². The lowest BCUT2D eigenvalue weighted by Crippen LogP contribution is -2.29. The molecule has 1 heterocycles. The minimum absolute atomic E-state index is 0.0417. The number of halogens is 4. The van der Waals surface area contributed by atoms with Gasteiger partial charge in [0.2, 0.25) is 5.91 Å². The molecule has 6 nitrogen and oxygen atoms in total. The molecule has 0 unspecified atom stereocenters. The lowest BCUT2D eigenvalue weighted by atomic mass is 9.92. The van der Waals surface area contributed by atoms with Gasteiger partial charge in [0.1, 0.15) is 5.82 Å². The summed E-state index contributed by atoms with van der Waals surface area (Å²) in [6, 6.07) is 5.08. The van der Waals surface area contributed by atoms with Crippen LogP contribution in [0, 0.1) is 18.7 Å². The number of carboxylic acids is 1. The number of carboxylic acid groups (broad SMARTS) is 1. The van der Waals surface area contributed by atoms with Crippen LogP contribution >= 0.6 is 0 Å². The fourth-order valence-electron chi connectivity index (χ4n) is 4.45. The predicted octanol–water partition coefficient (Wildman–Crippen LogP) is 6.04. The first kappa shape index (κ1) is 25.4. The quantitative estimate of drug-likeness (QED) is 0.385. The molecule has 0 spiro atoms. The Balaban J connectivity index is 1.63. The summed E-state index contributed by atoms with van der Waals surface area (Å²) in [7, 11) is 0. The van der Waals surface area contributed by atoms with Gasteiger partial charge < -0.3 is 10.4 Å². The summed E-state index contributed by atoms with van der Waals surface area (Å²) in [5.74, 6) is -2.56. The van der Waals surface area contributed by atoms with Crippen LogP contribution in [0.1, 0.15) is 53.7 Å². The van der Waals surface area contributed by atoms with E-state index in [1.165, 1.54) is 6.07 Å². The molecule has 2 aromatic carbocycles. The summed E-state index contributed by atoms with van der Waals surface area (Å²) >= 11 is 0. The average Bonchev–Trinajstić information content (AvgIpc) is 3.45. The van der Waals surface area contributed by atoms with E-state index < -0.39 is 34.8 Å². The third-order valence-electron chi connectivity index (χ3n) is 6.29. The highest BCUT2D eigenvalue weighted by molar-refractivity contribution is 6.04. The number of carbonyl (C=O) groups excluding carboxylic acids is 1. The smallest absolute Gasteiger partial charge is 0.416 e. The lowest BCUT2D eigenvalue weighted by molar-refractivity contribution is -0.137. The number of hydrogen-bond acceptors (Lipinski definition) is 3. The summed E-state index contributed by atoms with van der Waals surface area (Å²) in [5, 5.41) is 16.8. The number of nitrogens with one attached hydrogen (secondary N) is 1. The van der Waals surface area contributed by atoms with Gasteiger partial charge in [0, 0.05) is 35.1 Å². The summed E-state index contributed by atoms with van der Waals surface area (Å²) in [5.41, 5.74) is -0.723. The third-order valence-corrected chi connectivity index (χ3v) is 6.29. The molecule has 0 bridgehead atoms. The van der Waals surface area contributed by atoms with Gasteiger partial charge in [0.15, 0.2) is 0 Å². The van der Waals surface area contributed by atoms with Crippen molar-refractivity contribution in [1.29, 1.82) is 0 Å². The van der Waals surface area contributed by atoms with Gasteiger partial charge in [0.25, 0.3) is 0 Å². The Morgan fingerprint density at radius 1 is 1.19 bits per heavy atom. The van der Waals surface area contributed by atoms with Crippen molar-refractivity contribution < 1.29 is 32.3 Å². The number of hydrogen-bond donors (Lipinski definition) is 2. The molecule has 1 amide bonds. The number of benzene rings is 2. The number of nitrogens with zero attached hydrogens (tertiary/aromatic N) is 2. The number of carbonyl (C=O) groups is 2. The van der Waals surface area contributed by atoms with Crippen LogP contribution in [0.15, 0.2) is 42.7 Å². The monoisotopic (exact) mass is 503 g/mol. The zero-order chi connectivity index (χ0) is 26.4. The maximum Gasteiger partial charge on any atom is 0.416 e. The summed E-state index contributed by atoms with van der Waals surface area (Å²) in [6.07, 6.45) is -0.824. The van der Waals surface area contributed by atoms with Crippen molar-refractivity contribution in [2.24, 2.45) is 5.92 Å². The maximum atomic E-state index is 14.6. The molecule has 10 heteroatoms. The second kappa shape index (κ2) is 9.07. The van der Waals surface area contributed by atoms with Crippen molar-refractivity contribution in [2.45, 2.75) is 51.7 Å². The van der Waals surface area contributed by atoms with Crippen molar-refractivity contribution in [3.8, 4) is 11.1 Å². The van der Waals surface area contributed by atoms with E-state index in [9.17, 15) is 32.3 Å². The molecule has 0 radical (unpaired) electrons. The average molecular weight is 503 g/mol. The minimum atomic E-state index is -4.70. The van der Waals surface area contributed by atoms with E-state index in [1.807, 2.05) is 13.8 Å². The summed E-state index contributed by atoms with van der Waals surface area (Å²) in [4.78, 5) is 25.2. The molecule has 0 atom stereocenters. The highest BCUT2D eigenvalue weighted by Crippen LogP contribution is 2.50. The molecule has 1 saturated carbocycles. The molecule has 1 aliphatic rings. The third kappa shape index (κ3) is 4.84. The fraction of sp³-hybridized carbons (Fsp3) is 0.346. The van der Waals surface area contributed by atoms with Gasteiger partial charge in [-0.25, -0.2) is 9.18 Å². The fourth-order valence-corrected chi connectivity index (χ4v) is 4.45. The molecule has 1 fully saturated rings. The van der Waals surface area contributed by atoms with Crippen molar-refractivity contribution in [1.82, 2.24) is 9.78 Å². The molecule has 190 valence electrons. The highest BCUT2D eigenvalue weighted by Gasteiger charge is 2.53. The second-order valence-corrected chi connectivity index (χ2v) is 9.59. The standard InChI is InChI=1S/C26H25F4N3O3/c1-14(2)12-33-13-16(11-31-33)22-15(3)8-18(10-19(22)23(34)35)32-24(36)25(6-7-25)20-5-4-17(9-21(20)27)26(28,29)30/h4-5,8-11,13-14H,6-7,12H2,1-3H3,(H,32,36)(H,34,35). The first-order chi connectivity index (χ1) is 16.8. The van der Waals surface area contributed by atoms with Crippen molar-refractivity contribution >= 4 is 17.6 Å². The molecular formula is C26H25F4N3O3. The van der Waals surface area contributed by atoms with Crippen LogP contribution in [-0.4, -0.2) is 26.8 Å². The molecule has 1 aromatic heterocycles. The molecule has 0 aliphatic heterocycles. The number of rotatable bonds is 7. The van der Waals surface area contributed by atoms with E-state index in [0.29, 0.717) is 35.2 Å². The van der Waals surface area contributed by atoms with E-state index in [2.05, 4.69) is 10.4 Å². The van der Waals surface area contributed by atoms with Crippen LogP contribution < -0.4 is 5.32 Å². The Morgan fingerprint density at radius 2 is 1.89 bits per heavy atom. The van der Waals surface area contributed by atoms with E-state index in [1.54, 1.807) is 30.1 Å². The Kier molecular flexibility index (Phi) is 6.40. The van der Waals surface area contributed by atoms with E-state index in [0.717, 1.165) is 12.1 Å². The van der Waals surface area contributed by atoms with Crippen LogP contribution in [-0.2, 0) is 22.9 Å². The molecule has 2 N–H and O–H groups in total. The van der Waals surface area contributed by atoms with Gasteiger partial charge in [-0.3, -0.25) is 9.48 Å². The van der Waals surface area contributed by atoms with E-state index in [4.69, 9.17) is 0 Å². The van der Waals surface area contributed by atoms with Gasteiger partial charge in [-0.1, -0.05) is 19.9 Å². The maximum absolute atomic E-state index is 14.6. The minimum Gasteiger partial charge on any atom is -0.478 e. The van der Waals surface area contributed by atoms with Gasteiger partial charge in [0.05, 0.1) is 22.7 Å². The van der Waals surface area contributed by atoms with E-state index in [-0.39, 0.29) is 29.7 Å². The van der Waals surface area contributed by atoms with Gasteiger partial charge in [-0.2, -0.15) is 18.3 Å². The Morgan fingerprint density at radius 3 is 2.44 bits per heavy atom. The van der Waals surface area contributed by atoms with Gasteiger partial charge in [-0.05, 0) is 55.5 Å². The van der Waals surface area contributed by atoms with E-state index >= 15 is 0 Å². The zero-order valence-corrected chi connectivity index (χ0v) is 19.9. The van der Waals surface area contributed by atoms with Crippen LogP contribution in [0.4, 0.5) is 23.2 Å². The first-order valence-corrected chi connectivity index (χ1v) is 11.4. The molecule has 4 rings (SSSR count). The number of aryl methyl sites for hydroxylation is 1. The molecule has 36 heavy (non-hydrogen) atoms. The molecule has 3 aromatic rings. The van der Waals surface area contributed by atoms with Gasteiger partial charge in [-0.15, -0.1) is 0 Å². The molecule has 1 aliphatic carbocycles. The van der Waals surface area contributed by atoms with Crippen molar-refractivity contribution in [3.05, 3.63) is 70.8 Å². The van der Waals surface area contributed by atoms with Gasteiger partial charge >= 0.3 is 12.1 Å². The topological polar surface area (TPSA) is 84.2 Å². The lowest BCUT2D eigenvalue weighted by Gasteiger charge is -2.19. The van der Waals surface area contributed by atoms with Crippen LogP contribution in [0.25, 0.3) is 11.1 Å². The largest absolute Gasteiger partial charge is 0.478 e. The highest BCUT2D eigenvalue weighted by atomic mass is 19.4. The SMILES string of the molecule is Cc1cc(NC(=O)C2(c3ccc(C(F)(F)F)cc3F)CC2)cc(C(=O)O)c1-c1cnn(CC(C)C)c1. The number of anilines is 1. The normalized spacial score (nSPS) is 14.7. The number of aromatic carboxylic acids is 1.